The Morgan fingerprint density at radius 1 is 1.05 bits per heavy atom. The van der Waals surface area contributed by atoms with E-state index in [1.54, 1.807) is 0 Å². The van der Waals surface area contributed by atoms with Crippen molar-refractivity contribution in [3.05, 3.63) is 69.7 Å². The van der Waals surface area contributed by atoms with Gasteiger partial charge in [-0.3, -0.25) is 0 Å². The maximum Gasteiger partial charge on any atom is 0.143 e. The van der Waals surface area contributed by atoms with Gasteiger partial charge in [-0.15, -0.1) is 0 Å². The van der Waals surface area contributed by atoms with Gasteiger partial charge in [0.15, 0.2) is 0 Å². The van der Waals surface area contributed by atoms with Crippen LogP contribution in [0.3, 0.4) is 0 Å². The van der Waals surface area contributed by atoms with Crippen LogP contribution < -0.4 is 5.73 Å². The quantitative estimate of drug-likeness (QED) is 0.830. The van der Waals surface area contributed by atoms with Gasteiger partial charge in [0.2, 0.25) is 0 Å². The minimum absolute atomic E-state index is 0.0840. The second kappa shape index (κ2) is 6.26. The van der Waals surface area contributed by atoms with E-state index >= 15 is 0 Å². The molecule has 1 unspecified atom stereocenters. The third-order valence-corrected chi connectivity index (χ3v) is 3.68. The summed E-state index contributed by atoms with van der Waals surface area (Å²) in [5.41, 5.74) is 7.08. The fourth-order valence-corrected chi connectivity index (χ4v) is 2.34. The first kappa shape index (κ1) is 14.2. The van der Waals surface area contributed by atoms with Crippen molar-refractivity contribution in [1.82, 2.24) is 0 Å². The van der Waals surface area contributed by atoms with Gasteiger partial charge in [-0.2, -0.15) is 0 Å². The number of benzene rings is 2. The topological polar surface area (TPSA) is 26.0 Å². The summed E-state index contributed by atoms with van der Waals surface area (Å²) in [6, 6.07) is 11.9. The fourth-order valence-electron chi connectivity index (χ4n) is 1.96. The highest BCUT2D eigenvalue weighted by Crippen LogP contribution is 2.24. The van der Waals surface area contributed by atoms with Gasteiger partial charge < -0.3 is 5.73 Å². The van der Waals surface area contributed by atoms with Crippen LogP contribution in [0.4, 0.5) is 8.78 Å². The van der Waals surface area contributed by atoms with Crippen LogP contribution in [0.2, 0.25) is 0 Å². The molecule has 0 spiro atoms. The zero-order chi connectivity index (χ0) is 13.8. The van der Waals surface area contributed by atoms with E-state index in [0.717, 1.165) is 5.56 Å². The number of nitrogens with two attached hydrogens (primary N) is 1. The van der Waals surface area contributed by atoms with Gasteiger partial charge in [0, 0.05) is 11.6 Å². The summed E-state index contributed by atoms with van der Waals surface area (Å²) in [7, 11) is 0. The van der Waals surface area contributed by atoms with E-state index in [-0.39, 0.29) is 22.5 Å². The van der Waals surface area contributed by atoms with Gasteiger partial charge in [-0.1, -0.05) is 30.3 Å². The third kappa shape index (κ3) is 3.39. The lowest BCUT2D eigenvalue weighted by atomic mass is 9.99. The highest BCUT2D eigenvalue weighted by Gasteiger charge is 2.14. The van der Waals surface area contributed by atoms with Gasteiger partial charge in [-0.25, -0.2) is 8.78 Å². The standard InChI is InChI=1S/C15H14BrF2N/c16-12-7-8-13(17)11(15(12)18)6-9-14(19)10-4-2-1-3-5-10/h1-5,7-8,14H,6,9,19H2. The van der Waals surface area contributed by atoms with Crippen LogP contribution in [0.15, 0.2) is 46.9 Å². The predicted octanol–water partition coefficient (Wildman–Crippen LogP) is 4.36. The summed E-state index contributed by atoms with van der Waals surface area (Å²) in [5.74, 6) is -1.07. The second-order valence-electron chi connectivity index (χ2n) is 4.38. The molecule has 1 nitrogen and oxygen atoms in total. The molecule has 19 heavy (non-hydrogen) atoms. The molecule has 0 saturated carbocycles. The molecule has 0 aliphatic heterocycles. The number of rotatable bonds is 4. The molecule has 0 bridgehead atoms. The predicted molar refractivity (Wildman–Crippen MR) is 75.7 cm³/mol. The van der Waals surface area contributed by atoms with Crippen LogP contribution in [-0.2, 0) is 6.42 Å². The molecule has 0 fully saturated rings. The van der Waals surface area contributed by atoms with E-state index in [2.05, 4.69) is 15.9 Å². The molecule has 1 atom stereocenters. The molecule has 2 N–H and O–H groups in total. The maximum atomic E-state index is 13.8. The van der Waals surface area contributed by atoms with E-state index in [1.807, 2.05) is 30.3 Å². The van der Waals surface area contributed by atoms with Crippen LogP contribution >= 0.6 is 15.9 Å². The first-order chi connectivity index (χ1) is 9.09. The second-order valence-corrected chi connectivity index (χ2v) is 5.23. The molecule has 0 aliphatic carbocycles. The minimum atomic E-state index is -0.541. The molecule has 0 radical (unpaired) electrons. The molecule has 2 aromatic rings. The number of halogens is 3. The molecule has 0 heterocycles. The Balaban J connectivity index is 2.09. The monoisotopic (exact) mass is 325 g/mol. The lowest BCUT2D eigenvalue weighted by molar-refractivity contribution is 0.534. The normalized spacial score (nSPS) is 12.4. The van der Waals surface area contributed by atoms with Crippen molar-refractivity contribution >= 4 is 15.9 Å². The zero-order valence-corrected chi connectivity index (χ0v) is 11.8. The number of hydrogen-bond acceptors (Lipinski definition) is 1. The first-order valence-corrected chi connectivity index (χ1v) is 6.82. The van der Waals surface area contributed by atoms with Crippen molar-refractivity contribution in [1.29, 1.82) is 0 Å². The van der Waals surface area contributed by atoms with Gasteiger partial charge >= 0.3 is 0 Å². The van der Waals surface area contributed by atoms with Crippen molar-refractivity contribution in [3.63, 3.8) is 0 Å². The van der Waals surface area contributed by atoms with Gasteiger partial charge in [-0.05, 0) is 46.5 Å². The molecule has 100 valence electrons. The van der Waals surface area contributed by atoms with E-state index in [4.69, 9.17) is 5.73 Å². The fraction of sp³-hybridized carbons (Fsp3) is 0.200. The van der Waals surface area contributed by atoms with Crippen molar-refractivity contribution in [3.8, 4) is 0 Å². The summed E-state index contributed by atoms with van der Waals surface area (Å²) < 4.78 is 27.6. The Bertz CT molecular complexity index is 558. The summed E-state index contributed by atoms with van der Waals surface area (Å²) >= 11 is 3.06. The SMILES string of the molecule is NC(CCc1c(F)ccc(Br)c1F)c1ccccc1. The highest BCUT2D eigenvalue weighted by molar-refractivity contribution is 9.10. The average molecular weight is 326 g/mol. The Labute approximate surface area is 119 Å². The van der Waals surface area contributed by atoms with Crippen LogP contribution in [-0.4, -0.2) is 0 Å². The lowest BCUT2D eigenvalue weighted by Gasteiger charge is -2.13. The molecular formula is C15H14BrF2N. The average Bonchev–Trinajstić information content (AvgIpc) is 2.44. The molecule has 0 aliphatic rings. The largest absolute Gasteiger partial charge is 0.324 e. The van der Waals surface area contributed by atoms with E-state index < -0.39 is 11.6 Å². The van der Waals surface area contributed by atoms with Crippen LogP contribution in [0.1, 0.15) is 23.6 Å². The summed E-state index contributed by atoms with van der Waals surface area (Å²) in [4.78, 5) is 0. The summed E-state index contributed by atoms with van der Waals surface area (Å²) in [5, 5.41) is 0. The van der Waals surface area contributed by atoms with Crippen LogP contribution in [0, 0.1) is 11.6 Å². The van der Waals surface area contributed by atoms with Crippen LogP contribution in [0.25, 0.3) is 0 Å². The summed E-state index contributed by atoms with van der Waals surface area (Å²) in [6.45, 7) is 0. The Hall–Kier alpha value is -1.26. The van der Waals surface area contributed by atoms with E-state index in [9.17, 15) is 8.78 Å². The molecule has 2 aromatic carbocycles. The van der Waals surface area contributed by atoms with Gasteiger partial charge in [0.1, 0.15) is 11.6 Å². The Morgan fingerprint density at radius 3 is 2.42 bits per heavy atom. The zero-order valence-electron chi connectivity index (χ0n) is 10.2. The van der Waals surface area contributed by atoms with Gasteiger partial charge in [0.25, 0.3) is 0 Å². The first-order valence-electron chi connectivity index (χ1n) is 6.02. The van der Waals surface area contributed by atoms with E-state index in [1.165, 1.54) is 12.1 Å². The third-order valence-electron chi connectivity index (χ3n) is 3.07. The van der Waals surface area contributed by atoms with Crippen molar-refractivity contribution in [2.24, 2.45) is 5.73 Å². The molecule has 2 rings (SSSR count). The number of hydrogen-bond donors (Lipinski definition) is 1. The lowest BCUT2D eigenvalue weighted by Crippen LogP contribution is -2.12. The van der Waals surface area contributed by atoms with Crippen molar-refractivity contribution in [2.75, 3.05) is 0 Å². The molecule has 0 aromatic heterocycles. The Morgan fingerprint density at radius 2 is 1.74 bits per heavy atom. The molecule has 4 heteroatoms. The van der Waals surface area contributed by atoms with Crippen molar-refractivity contribution < 1.29 is 8.78 Å². The Kier molecular flexibility index (Phi) is 4.66. The van der Waals surface area contributed by atoms with Crippen molar-refractivity contribution in [2.45, 2.75) is 18.9 Å². The smallest absolute Gasteiger partial charge is 0.143 e. The van der Waals surface area contributed by atoms with Gasteiger partial charge in [0.05, 0.1) is 4.47 Å². The van der Waals surface area contributed by atoms with E-state index in [0.29, 0.717) is 6.42 Å². The maximum absolute atomic E-state index is 13.8. The molecular weight excluding hydrogens is 312 g/mol. The summed E-state index contributed by atoms with van der Waals surface area (Å²) in [6.07, 6.45) is 0.765. The minimum Gasteiger partial charge on any atom is -0.324 e. The molecule has 0 saturated heterocycles. The van der Waals surface area contributed by atoms with Crippen LogP contribution in [0.5, 0.6) is 0 Å². The highest BCUT2D eigenvalue weighted by atomic mass is 79.9. The molecule has 0 amide bonds.